The van der Waals surface area contributed by atoms with Crippen LogP contribution < -0.4 is 10.1 Å². The van der Waals surface area contributed by atoms with Gasteiger partial charge in [-0.15, -0.1) is 0 Å². The Morgan fingerprint density at radius 2 is 2.20 bits per heavy atom. The lowest BCUT2D eigenvalue weighted by Gasteiger charge is -2.26. The molecule has 1 aromatic rings. The molecule has 1 aromatic carbocycles. The van der Waals surface area contributed by atoms with Crippen LogP contribution in [0, 0.1) is 11.3 Å². The summed E-state index contributed by atoms with van der Waals surface area (Å²) in [4.78, 5) is 2.41. The van der Waals surface area contributed by atoms with Gasteiger partial charge in [0.05, 0.1) is 13.2 Å². The Hall–Kier alpha value is -1.61. The summed E-state index contributed by atoms with van der Waals surface area (Å²) in [6.45, 7) is 6.66. The van der Waals surface area contributed by atoms with E-state index in [9.17, 15) is 0 Å². The molecule has 0 saturated carbocycles. The fraction of sp³-hybridized carbons (Fsp3) is 0.533. The number of nitrogens with zero attached hydrogens (tertiary/aromatic N) is 2. The molecule has 0 aromatic heterocycles. The summed E-state index contributed by atoms with van der Waals surface area (Å²) in [6.07, 6.45) is 0. The molecule has 0 spiro atoms. The molecule has 1 saturated heterocycles. The van der Waals surface area contributed by atoms with E-state index in [1.807, 2.05) is 24.3 Å². The lowest BCUT2D eigenvalue weighted by atomic mass is 10.2. The summed E-state index contributed by atoms with van der Waals surface area (Å²) in [7, 11) is 0. The van der Waals surface area contributed by atoms with Crippen LogP contribution in [-0.4, -0.2) is 50.9 Å². The van der Waals surface area contributed by atoms with Gasteiger partial charge in [-0.3, -0.25) is 4.90 Å². The van der Waals surface area contributed by atoms with Crippen LogP contribution >= 0.6 is 0 Å². The Morgan fingerprint density at radius 3 is 3.00 bits per heavy atom. The second-order valence-corrected chi connectivity index (χ2v) is 4.72. The highest BCUT2D eigenvalue weighted by Gasteiger charge is 2.08. The molecular weight excluding hydrogens is 254 g/mol. The first-order valence-electron chi connectivity index (χ1n) is 6.98. The first kappa shape index (κ1) is 14.8. The molecule has 5 nitrogen and oxygen atoms in total. The number of nitrogens with one attached hydrogen (secondary N) is 1. The lowest BCUT2D eigenvalue weighted by molar-refractivity contribution is 0.0384. The average molecular weight is 275 g/mol. The SMILES string of the molecule is N#CCOc1cccc(CNCCN2CCOCC2)c1. The van der Waals surface area contributed by atoms with Crippen LogP contribution in [-0.2, 0) is 11.3 Å². The number of benzene rings is 1. The summed E-state index contributed by atoms with van der Waals surface area (Å²) in [5, 5.41) is 11.9. The van der Waals surface area contributed by atoms with Gasteiger partial charge in [0.1, 0.15) is 11.8 Å². The van der Waals surface area contributed by atoms with Crippen LogP contribution in [0.5, 0.6) is 5.75 Å². The molecule has 108 valence electrons. The molecule has 1 aliphatic rings. The maximum Gasteiger partial charge on any atom is 0.174 e. The first-order valence-corrected chi connectivity index (χ1v) is 6.98. The fourth-order valence-corrected chi connectivity index (χ4v) is 2.16. The standard InChI is InChI=1S/C15H21N3O2/c16-4-9-20-15-3-1-2-14(12-15)13-17-5-6-18-7-10-19-11-8-18/h1-3,12,17H,5-11,13H2. The van der Waals surface area contributed by atoms with Gasteiger partial charge in [-0.25, -0.2) is 0 Å². The largest absolute Gasteiger partial charge is 0.479 e. The number of nitriles is 1. The normalized spacial score (nSPS) is 15.8. The van der Waals surface area contributed by atoms with Crippen molar-refractivity contribution in [3.05, 3.63) is 29.8 Å². The van der Waals surface area contributed by atoms with E-state index < -0.39 is 0 Å². The van der Waals surface area contributed by atoms with E-state index in [2.05, 4.69) is 16.3 Å². The molecule has 0 atom stereocenters. The number of ether oxygens (including phenoxy) is 2. The second kappa shape index (κ2) is 8.54. The molecule has 1 N–H and O–H groups in total. The lowest BCUT2D eigenvalue weighted by Crippen LogP contribution is -2.40. The predicted molar refractivity (Wildman–Crippen MR) is 76.5 cm³/mol. The van der Waals surface area contributed by atoms with Gasteiger partial charge < -0.3 is 14.8 Å². The molecule has 2 rings (SSSR count). The minimum absolute atomic E-state index is 0.0912. The molecule has 0 amide bonds. The minimum atomic E-state index is 0.0912. The molecule has 1 heterocycles. The van der Waals surface area contributed by atoms with Gasteiger partial charge >= 0.3 is 0 Å². The topological polar surface area (TPSA) is 57.5 Å². The minimum Gasteiger partial charge on any atom is -0.479 e. The maximum atomic E-state index is 8.49. The van der Waals surface area contributed by atoms with Gasteiger partial charge in [-0.05, 0) is 17.7 Å². The third kappa shape index (κ3) is 5.17. The van der Waals surface area contributed by atoms with Crippen LogP contribution in [0.2, 0.25) is 0 Å². The van der Waals surface area contributed by atoms with Crippen molar-refractivity contribution in [1.29, 1.82) is 5.26 Å². The summed E-state index contributed by atoms with van der Waals surface area (Å²) in [5.41, 5.74) is 1.17. The van der Waals surface area contributed by atoms with Crippen LogP contribution in [0.1, 0.15) is 5.56 Å². The van der Waals surface area contributed by atoms with Crippen molar-refractivity contribution in [1.82, 2.24) is 10.2 Å². The van der Waals surface area contributed by atoms with Crippen molar-refractivity contribution in [2.24, 2.45) is 0 Å². The Labute approximate surface area is 120 Å². The number of hydrogen-bond acceptors (Lipinski definition) is 5. The highest BCUT2D eigenvalue weighted by molar-refractivity contribution is 5.28. The van der Waals surface area contributed by atoms with Crippen LogP contribution in [0.4, 0.5) is 0 Å². The Morgan fingerprint density at radius 1 is 1.35 bits per heavy atom. The Balaban J connectivity index is 1.66. The Bertz CT molecular complexity index is 439. The van der Waals surface area contributed by atoms with Crippen LogP contribution in [0.15, 0.2) is 24.3 Å². The van der Waals surface area contributed by atoms with E-state index in [4.69, 9.17) is 14.7 Å². The molecular formula is C15H21N3O2. The van der Waals surface area contributed by atoms with Gasteiger partial charge in [-0.2, -0.15) is 5.26 Å². The second-order valence-electron chi connectivity index (χ2n) is 4.72. The molecule has 1 aliphatic heterocycles. The maximum absolute atomic E-state index is 8.49. The van der Waals surface area contributed by atoms with Crippen molar-refractivity contribution in [2.45, 2.75) is 6.54 Å². The van der Waals surface area contributed by atoms with Gasteiger partial charge in [0.15, 0.2) is 6.61 Å². The third-order valence-electron chi connectivity index (χ3n) is 3.24. The van der Waals surface area contributed by atoms with Gasteiger partial charge in [0.2, 0.25) is 0 Å². The van der Waals surface area contributed by atoms with Crippen molar-refractivity contribution < 1.29 is 9.47 Å². The molecule has 1 fully saturated rings. The van der Waals surface area contributed by atoms with Crippen LogP contribution in [0.25, 0.3) is 0 Å². The predicted octanol–water partition coefficient (Wildman–Crippen LogP) is 1.01. The molecule has 0 bridgehead atoms. The van der Waals surface area contributed by atoms with E-state index in [0.29, 0.717) is 0 Å². The first-order chi connectivity index (χ1) is 9.88. The number of rotatable bonds is 7. The monoisotopic (exact) mass is 275 g/mol. The zero-order valence-electron chi connectivity index (χ0n) is 11.7. The van der Waals surface area contributed by atoms with Gasteiger partial charge in [0.25, 0.3) is 0 Å². The van der Waals surface area contributed by atoms with Gasteiger partial charge in [0, 0.05) is 32.7 Å². The average Bonchev–Trinajstić information content (AvgIpc) is 2.51. The summed E-state index contributed by atoms with van der Waals surface area (Å²) >= 11 is 0. The van der Waals surface area contributed by atoms with E-state index >= 15 is 0 Å². The highest BCUT2D eigenvalue weighted by Crippen LogP contribution is 2.12. The summed E-state index contributed by atoms with van der Waals surface area (Å²) < 4.78 is 10.6. The van der Waals surface area contributed by atoms with Crippen molar-refractivity contribution in [3.8, 4) is 11.8 Å². The van der Waals surface area contributed by atoms with E-state index in [-0.39, 0.29) is 6.61 Å². The summed E-state index contributed by atoms with van der Waals surface area (Å²) in [5.74, 6) is 0.749. The molecule has 0 aliphatic carbocycles. The van der Waals surface area contributed by atoms with Crippen molar-refractivity contribution in [3.63, 3.8) is 0 Å². The molecule has 0 unspecified atom stereocenters. The summed E-state index contributed by atoms with van der Waals surface area (Å²) in [6, 6.07) is 9.82. The smallest absolute Gasteiger partial charge is 0.174 e. The zero-order valence-corrected chi connectivity index (χ0v) is 11.7. The number of morpholine rings is 1. The Kier molecular flexibility index (Phi) is 6.32. The molecule has 0 radical (unpaired) electrons. The fourth-order valence-electron chi connectivity index (χ4n) is 2.16. The van der Waals surface area contributed by atoms with Crippen molar-refractivity contribution >= 4 is 0 Å². The molecule has 20 heavy (non-hydrogen) atoms. The zero-order chi connectivity index (χ0) is 14.0. The van der Waals surface area contributed by atoms with E-state index in [0.717, 1.165) is 51.7 Å². The van der Waals surface area contributed by atoms with Crippen molar-refractivity contribution in [2.75, 3.05) is 46.0 Å². The van der Waals surface area contributed by atoms with E-state index in [1.54, 1.807) is 0 Å². The molecule has 5 heteroatoms. The number of hydrogen-bond donors (Lipinski definition) is 1. The highest BCUT2D eigenvalue weighted by atomic mass is 16.5. The van der Waals surface area contributed by atoms with Gasteiger partial charge in [-0.1, -0.05) is 12.1 Å². The quantitative estimate of drug-likeness (QED) is 0.753. The van der Waals surface area contributed by atoms with E-state index in [1.165, 1.54) is 5.56 Å². The third-order valence-corrected chi connectivity index (χ3v) is 3.24. The van der Waals surface area contributed by atoms with Crippen LogP contribution in [0.3, 0.4) is 0 Å².